The Morgan fingerprint density at radius 2 is 1.79 bits per heavy atom. The number of nitrogens with zero attached hydrogens (tertiary/aromatic N) is 3. The van der Waals surface area contributed by atoms with E-state index < -0.39 is 21.9 Å². The molecule has 1 aromatic heterocycles. The lowest BCUT2D eigenvalue weighted by atomic mass is 10.2. The van der Waals surface area contributed by atoms with E-state index in [2.05, 4.69) is 21.7 Å². The summed E-state index contributed by atoms with van der Waals surface area (Å²) >= 11 is 1.68. The normalized spacial score (nSPS) is 21.6. The van der Waals surface area contributed by atoms with Gasteiger partial charge in [0.05, 0.1) is 4.90 Å². The fourth-order valence-electron chi connectivity index (χ4n) is 3.99. The monoisotopic (exact) mass is 437 g/mol. The zero-order valence-corrected chi connectivity index (χ0v) is 17.7. The molecule has 9 heteroatoms. The number of piperazine rings is 1. The molecule has 3 heterocycles. The smallest absolute Gasteiger partial charge is 0.243 e. The van der Waals surface area contributed by atoms with Crippen molar-refractivity contribution in [3.63, 3.8) is 0 Å². The zero-order chi connectivity index (χ0) is 20.4. The molecule has 0 radical (unpaired) electrons. The van der Waals surface area contributed by atoms with Crippen molar-refractivity contribution in [1.29, 1.82) is 0 Å². The predicted molar refractivity (Wildman–Crippen MR) is 109 cm³/mol. The first-order valence-corrected chi connectivity index (χ1v) is 12.1. The van der Waals surface area contributed by atoms with Crippen LogP contribution in [0.1, 0.15) is 18.4 Å². The van der Waals surface area contributed by atoms with Gasteiger partial charge in [-0.25, -0.2) is 12.8 Å². The molecule has 0 aliphatic carbocycles. The summed E-state index contributed by atoms with van der Waals surface area (Å²) in [5, 5.41) is 4.19. The number of carbonyl (C=O) groups is 1. The maximum Gasteiger partial charge on any atom is 0.243 e. The van der Waals surface area contributed by atoms with Crippen LogP contribution in [0.3, 0.4) is 0 Å². The van der Waals surface area contributed by atoms with E-state index in [1.54, 1.807) is 16.2 Å². The number of hydrogen-bond acceptors (Lipinski definition) is 5. The maximum absolute atomic E-state index is 13.2. The lowest BCUT2D eigenvalue weighted by Crippen LogP contribution is -2.54. The van der Waals surface area contributed by atoms with Gasteiger partial charge in [-0.05, 0) is 59.5 Å². The van der Waals surface area contributed by atoms with Crippen molar-refractivity contribution in [2.24, 2.45) is 0 Å². The number of carbonyl (C=O) groups excluding carboxylic acids is 1. The number of sulfonamides is 1. The van der Waals surface area contributed by atoms with E-state index in [-0.39, 0.29) is 10.8 Å². The molecule has 1 atom stereocenters. The largest absolute Gasteiger partial charge is 0.339 e. The van der Waals surface area contributed by atoms with Crippen LogP contribution in [-0.2, 0) is 21.4 Å². The molecule has 2 aliphatic heterocycles. The molecule has 1 aromatic carbocycles. The lowest BCUT2D eigenvalue weighted by molar-refractivity contribution is -0.136. The molecule has 0 saturated carbocycles. The van der Waals surface area contributed by atoms with Crippen molar-refractivity contribution in [2.45, 2.75) is 30.3 Å². The summed E-state index contributed by atoms with van der Waals surface area (Å²) in [4.78, 5) is 17.2. The second-order valence-electron chi connectivity index (χ2n) is 7.46. The molecule has 0 spiro atoms. The first-order chi connectivity index (χ1) is 13.9. The number of benzene rings is 1. The van der Waals surface area contributed by atoms with Crippen LogP contribution in [0.25, 0.3) is 0 Å². The van der Waals surface area contributed by atoms with Crippen LogP contribution in [0.4, 0.5) is 4.39 Å². The SMILES string of the molecule is O=C([C@H]1CCCN1S(=O)(=O)c1ccc(F)cc1)N1CCN(Cc2ccsc2)CC1. The van der Waals surface area contributed by atoms with E-state index >= 15 is 0 Å². The Morgan fingerprint density at radius 3 is 2.45 bits per heavy atom. The van der Waals surface area contributed by atoms with Crippen LogP contribution in [0.5, 0.6) is 0 Å². The highest BCUT2D eigenvalue weighted by Crippen LogP contribution is 2.28. The molecule has 156 valence electrons. The summed E-state index contributed by atoms with van der Waals surface area (Å²) < 4.78 is 40.5. The van der Waals surface area contributed by atoms with Gasteiger partial charge in [-0.2, -0.15) is 15.6 Å². The highest BCUT2D eigenvalue weighted by atomic mass is 32.2. The minimum Gasteiger partial charge on any atom is -0.339 e. The van der Waals surface area contributed by atoms with Crippen LogP contribution in [0.2, 0.25) is 0 Å². The highest BCUT2D eigenvalue weighted by molar-refractivity contribution is 7.89. The first kappa shape index (κ1) is 20.5. The van der Waals surface area contributed by atoms with Crippen LogP contribution >= 0.6 is 11.3 Å². The summed E-state index contributed by atoms with van der Waals surface area (Å²) in [7, 11) is -3.82. The Kier molecular flexibility index (Phi) is 6.00. The Morgan fingerprint density at radius 1 is 1.07 bits per heavy atom. The summed E-state index contributed by atoms with van der Waals surface area (Å²) in [5.74, 6) is -0.610. The fraction of sp³-hybridized carbons (Fsp3) is 0.450. The van der Waals surface area contributed by atoms with Crippen molar-refractivity contribution < 1.29 is 17.6 Å². The lowest BCUT2D eigenvalue weighted by Gasteiger charge is -2.37. The Balaban J connectivity index is 1.41. The Labute approximate surface area is 174 Å². The molecular weight excluding hydrogens is 413 g/mol. The maximum atomic E-state index is 13.2. The third-order valence-corrected chi connectivity index (χ3v) is 8.23. The minimum atomic E-state index is -3.82. The van der Waals surface area contributed by atoms with Gasteiger partial charge in [0.25, 0.3) is 0 Å². The quantitative estimate of drug-likeness (QED) is 0.721. The molecule has 0 unspecified atom stereocenters. The Hall–Kier alpha value is -1.81. The number of halogens is 1. The molecule has 6 nitrogen and oxygen atoms in total. The van der Waals surface area contributed by atoms with Gasteiger partial charge in [0.1, 0.15) is 11.9 Å². The van der Waals surface area contributed by atoms with Crippen molar-refractivity contribution in [3.8, 4) is 0 Å². The standard InChI is InChI=1S/C20H24FN3O3S2/c21-17-3-5-18(6-4-17)29(26,27)24-8-1-2-19(24)20(25)23-11-9-22(10-12-23)14-16-7-13-28-15-16/h3-7,13,15,19H,1-2,8-12,14H2/t19-/m1/s1. The zero-order valence-electron chi connectivity index (χ0n) is 16.0. The average molecular weight is 438 g/mol. The van der Waals surface area contributed by atoms with Crippen LogP contribution in [0.15, 0.2) is 46.0 Å². The van der Waals surface area contributed by atoms with Gasteiger partial charge < -0.3 is 4.90 Å². The minimum absolute atomic E-state index is 0.0270. The molecule has 4 rings (SSSR count). The molecule has 2 aliphatic rings. The van der Waals surface area contributed by atoms with E-state index in [9.17, 15) is 17.6 Å². The third-order valence-electron chi connectivity index (χ3n) is 5.58. The summed E-state index contributed by atoms with van der Waals surface area (Å²) in [6.45, 7) is 3.94. The molecule has 1 amide bonds. The van der Waals surface area contributed by atoms with Crippen molar-refractivity contribution >= 4 is 27.3 Å². The Bertz CT molecular complexity index is 940. The van der Waals surface area contributed by atoms with Gasteiger partial charge in [-0.15, -0.1) is 0 Å². The van der Waals surface area contributed by atoms with Gasteiger partial charge in [-0.1, -0.05) is 0 Å². The molecular formula is C20H24FN3O3S2. The van der Waals surface area contributed by atoms with Crippen molar-refractivity contribution in [2.75, 3.05) is 32.7 Å². The van der Waals surface area contributed by atoms with Crippen LogP contribution in [0, 0.1) is 5.82 Å². The first-order valence-electron chi connectivity index (χ1n) is 9.75. The van der Waals surface area contributed by atoms with Gasteiger partial charge in [-0.3, -0.25) is 9.69 Å². The fourth-order valence-corrected chi connectivity index (χ4v) is 6.31. The van der Waals surface area contributed by atoms with E-state index in [0.29, 0.717) is 32.5 Å². The molecule has 2 saturated heterocycles. The third kappa shape index (κ3) is 4.37. The highest BCUT2D eigenvalue weighted by Gasteiger charge is 2.41. The molecule has 2 aromatic rings. The van der Waals surface area contributed by atoms with Crippen LogP contribution in [-0.4, -0.2) is 67.2 Å². The molecule has 29 heavy (non-hydrogen) atoms. The topological polar surface area (TPSA) is 60.9 Å². The van der Waals surface area contributed by atoms with Crippen molar-refractivity contribution in [1.82, 2.24) is 14.1 Å². The van der Waals surface area contributed by atoms with Crippen molar-refractivity contribution in [3.05, 3.63) is 52.5 Å². The molecule has 2 fully saturated rings. The number of rotatable bonds is 5. The van der Waals surface area contributed by atoms with Gasteiger partial charge in [0.2, 0.25) is 15.9 Å². The molecule has 0 bridgehead atoms. The number of hydrogen-bond donors (Lipinski definition) is 0. The van der Waals surface area contributed by atoms with Crippen LogP contribution < -0.4 is 0 Å². The summed E-state index contributed by atoms with van der Waals surface area (Å²) in [5.41, 5.74) is 1.28. The summed E-state index contributed by atoms with van der Waals surface area (Å²) in [6.07, 6.45) is 1.17. The van der Waals surface area contributed by atoms with E-state index in [0.717, 1.165) is 31.8 Å². The van der Waals surface area contributed by atoms with E-state index in [1.165, 1.54) is 22.0 Å². The number of thiophene rings is 1. The average Bonchev–Trinajstić information content (AvgIpc) is 3.41. The second kappa shape index (κ2) is 8.51. The summed E-state index contributed by atoms with van der Waals surface area (Å²) in [6, 6.07) is 6.22. The van der Waals surface area contributed by atoms with Gasteiger partial charge in [0, 0.05) is 39.3 Å². The van der Waals surface area contributed by atoms with Gasteiger partial charge in [0.15, 0.2) is 0 Å². The molecule has 0 N–H and O–H groups in total. The van der Waals surface area contributed by atoms with E-state index in [4.69, 9.17) is 0 Å². The predicted octanol–water partition coefficient (Wildman–Crippen LogP) is 2.38. The van der Waals surface area contributed by atoms with Gasteiger partial charge >= 0.3 is 0 Å². The number of amides is 1. The second-order valence-corrected chi connectivity index (χ2v) is 10.1. The van der Waals surface area contributed by atoms with E-state index in [1.807, 2.05) is 0 Å².